The van der Waals surface area contributed by atoms with Crippen LogP contribution in [0.5, 0.6) is 0 Å². The first-order valence-electron chi connectivity index (χ1n) is 6.28. The topological polar surface area (TPSA) is 127 Å². The zero-order valence-electron chi connectivity index (χ0n) is 11.0. The Morgan fingerprint density at radius 1 is 1.48 bits per heavy atom. The number of nitro benzene ring substituents is 1. The maximum atomic E-state index is 11.7. The molecule has 8 nitrogen and oxygen atoms in total. The van der Waals surface area contributed by atoms with Gasteiger partial charge in [-0.05, 0) is 25.0 Å². The van der Waals surface area contributed by atoms with Gasteiger partial charge in [0.05, 0.1) is 15.9 Å². The lowest BCUT2D eigenvalue weighted by molar-refractivity contribution is -0.385. The van der Waals surface area contributed by atoms with Crippen LogP contribution < -0.4 is 5.32 Å². The highest BCUT2D eigenvalue weighted by molar-refractivity contribution is 7.92. The number of carboxylic acids is 1. The molecule has 0 radical (unpaired) electrons. The number of sulfone groups is 1. The predicted molar refractivity (Wildman–Crippen MR) is 75.4 cm³/mol. The molecule has 1 heterocycles. The van der Waals surface area contributed by atoms with E-state index in [0.29, 0.717) is 18.5 Å². The molecule has 0 aromatic heterocycles. The van der Waals surface area contributed by atoms with Crippen LogP contribution >= 0.6 is 0 Å². The van der Waals surface area contributed by atoms with Crippen LogP contribution in [0.4, 0.5) is 11.4 Å². The molecule has 1 aliphatic heterocycles. The number of carbonyl (C=O) groups is 1. The second kappa shape index (κ2) is 5.68. The molecule has 1 aromatic carbocycles. The van der Waals surface area contributed by atoms with Gasteiger partial charge in [-0.1, -0.05) is 0 Å². The van der Waals surface area contributed by atoms with Gasteiger partial charge in [-0.2, -0.15) is 0 Å². The van der Waals surface area contributed by atoms with Crippen molar-refractivity contribution in [3.8, 4) is 0 Å². The van der Waals surface area contributed by atoms with E-state index in [1.807, 2.05) is 0 Å². The molecule has 21 heavy (non-hydrogen) atoms. The summed E-state index contributed by atoms with van der Waals surface area (Å²) in [6, 6.07) is 3.62. The van der Waals surface area contributed by atoms with Gasteiger partial charge in [0, 0.05) is 18.3 Å². The van der Waals surface area contributed by atoms with Crippen LogP contribution in [0.3, 0.4) is 0 Å². The first kappa shape index (κ1) is 15.2. The van der Waals surface area contributed by atoms with Gasteiger partial charge in [-0.3, -0.25) is 10.1 Å². The summed E-state index contributed by atoms with van der Waals surface area (Å²) in [5.41, 5.74) is -0.602. The zero-order valence-corrected chi connectivity index (χ0v) is 11.8. The second-order valence-corrected chi connectivity index (χ2v) is 7.21. The van der Waals surface area contributed by atoms with E-state index in [4.69, 9.17) is 5.11 Å². The van der Waals surface area contributed by atoms with E-state index < -0.39 is 37.2 Å². The number of hydrogen-bond acceptors (Lipinski definition) is 6. The summed E-state index contributed by atoms with van der Waals surface area (Å²) in [7, 11) is -3.10. The third kappa shape index (κ3) is 3.30. The Bertz CT molecular complexity index is 685. The zero-order chi connectivity index (χ0) is 15.6. The molecular formula is C12H14N2O6S. The summed E-state index contributed by atoms with van der Waals surface area (Å²) in [6.45, 7) is 0.159. The number of rotatable bonds is 5. The molecule has 2 rings (SSSR count). The Morgan fingerprint density at radius 2 is 2.19 bits per heavy atom. The minimum absolute atomic E-state index is 0.159. The number of nitrogens with one attached hydrogen (secondary N) is 1. The molecule has 114 valence electrons. The van der Waals surface area contributed by atoms with Crippen molar-refractivity contribution >= 4 is 27.2 Å². The van der Waals surface area contributed by atoms with Crippen LogP contribution in [-0.4, -0.2) is 42.0 Å². The van der Waals surface area contributed by atoms with Gasteiger partial charge in [0.1, 0.15) is 5.56 Å². The first-order chi connectivity index (χ1) is 9.81. The molecule has 0 bridgehead atoms. The van der Waals surface area contributed by atoms with Gasteiger partial charge in [-0.15, -0.1) is 0 Å². The molecule has 0 amide bonds. The summed E-state index contributed by atoms with van der Waals surface area (Å²) in [6.07, 6.45) is 1.18. The molecule has 1 saturated heterocycles. The molecule has 1 unspecified atom stereocenters. The van der Waals surface area contributed by atoms with E-state index in [1.165, 1.54) is 6.07 Å². The van der Waals surface area contributed by atoms with E-state index in [0.717, 1.165) is 12.1 Å². The minimum atomic E-state index is -3.10. The number of aromatic carboxylic acids is 1. The molecule has 0 aliphatic carbocycles. The number of nitrogens with zero attached hydrogens (tertiary/aromatic N) is 1. The van der Waals surface area contributed by atoms with Crippen LogP contribution in [0.2, 0.25) is 0 Å². The van der Waals surface area contributed by atoms with Gasteiger partial charge >= 0.3 is 5.97 Å². The highest BCUT2D eigenvalue weighted by atomic mass is 32.2. The number of anilines is 1. The number of benzene rings is 1. The molecule has 1 aromatic rings. The lowest BCUT2D eigenvalue weighted by Crippen LogP contribution is -2.25. The number of nitro groups is 1. The normalized spacial score (nSPS) is 20.1. The number of hydrogen-bond donors (Lipinski definition) is 2. The molecule has 1 fully saturated rings. The molecule has 1 aliphatic rings. The molecule has 2 N–H and O–H groups in total. The predicted octanol–water partition coefficient (Wildman–Crippen LogP) is 1.28. The molecule has 0 spiro atoms. The van der Waals surface area contributed by atoms with Crippen molar-refractivity contribution < 1.29 is 23.2 Å². The highest BCUT2D eigenvalue weighted by Gasteiger charge is 2.31. The lowest BCUT2D eigenvalue weighted by Gasteiger charge is -2.12. The van der Waals surface area contributed by atoms with Crippen LogP contribution in [-0.2, 0) is 9.84 Å². The average Bonchev–Trinajstić information content (AvgIpc) is 2.74. The summed E-state index contributed by atoms with van der Waals surface area (Å²) in [5.74, 6) is -1.22. The van der Waals surface area contributed by atoms with E-state index in [1.54, 1.807) is 0 Å². The standard InChI is InChI=1S/C12H14N2O6S/c15-12(16)10-4-3-8(6-11(10)14(17)18)13-7-9-2-1-5-21(9,19)20/h3-4,6,9,13H,1-2,5,7H2,(H,15,16). The Balaban J connectivity index is 2.16. The Hall–Kier alpha value is -2.16. The van der Waals surface area contributed by atoms with Crippen molar-refractivity contribution in [2.45, 2.75) is 18.1 Å². The quantitative estimate of drug-likeness (QED) is 0.619. The smallest absolute Gasteiger partial charge is 0.342 e. The van der Waals surface area contributed by atoms with Crippen LogP contribution in [0.15, 0.2) is 18.2 Å². The average molecular weight is 314 g/mol. The maximum Gasteiger partial charge on any atom is 0.342 e. The first-order valence-corrected chi connectivity index (χ1v) is 8.00. The van der Waals surface area contributed by atoms with Crippen molar-refractivity contribution in [1.82, 2.24) is 0 Å². The fraction of sp³-hybridized carbons (Fsp3) is 0.417. The highest BCUT2D eigenvalue weighted by Crippen LogP contribution is 2.25. The summed E-state index contributed by atoms with van der Waals surface area (Å²) < 4.78 is 23.4. The van der Waals surface area contributed by atoms with Crippen LogP contribution in [0.25, 0.3) is 0 Å². The molecular weight excluding hydrogens is 300 g/mol. The van der Waals surface area contributed by atoms with Gasteiger partial charge in [0.15, 0.2) is 9.84 Å². The minimum Gasteiger partial charge on any atom is -0.477 e. The van der Waals surface area contributed by atoms with Crippen LogP contribution in [0.1, 0.15) is 23.2 Å². The monoisotopic (exact) mass is 314 g/mol. The van der Waals surface area contributed by atoms with Crippen molar-refractivity contribution in [3.05, 3.63) is 33.9 Å². The summed E-state index contributed by atoms with van der Waals surface area (Å²) in [5, 5.41) is 22.1. The second-order valence-electron chi connectivity index (χ2n) is 4.81. The Kier molecular flexibility index (Phi) is 4.12. The lowest BCUT2D eigenvalue weighted by atomic mass is 10.1. The molecule has 9 heteroatoms. The van der Waals surface area contributed by atoms with Crippen molar-refractivity contribution in [1.29, 1.82) is 0 Å². The summed E-state index contributed by atoms with van der Waals surface area (Å²) >= 11 is 0. The third-order valence-corrected chi connectivity index (χ3v) is 5.70. The number of carboxylic acid groups (broad SMARTS) is 1. The Morgan fingerprint density at radius 3 is 2.71 bits per heavy atom. The van der Waals surface area contributed by atoms with Gasteiger partial charge in [0.25, 0.3) is 5.69 Å². The van der Waals surface area contributed by atoms with Gasteiger partial charge in [0.2, 0.25) is 0 Å². The molecule has 0 saturated carbocycles. The Labute approximate surface area is 120 Å². The fourth-order valence-corrected chi connectivity index (χ4v) is 4.06. The van der Waals surface area contributed by atoms with E-state index in [2.05, 4.69) is 5.32 Å². The fourth-order valence-electron chi connectivity index (χ4n) is 2.29. The van der Waals surface area contributed by atoms with E-state index >= 15 is 0 Å². The maximum absolute atomic E-state index is 11.7. The summed E-state index contributed by atoms with van der Waals surface area (Å²) in [4.78, 5) is 21.0. The third-order valence-electron chi connectivity index (χ3n) is 3.42. The van der Waals surface area contributed by atoms with Crippen molar-refractivity contribution in [2.75, 3.05) is 17.6 Å². The van der Waals surface area contributed by atoms with Crippen molar-refractivity contribution in [2.24, 2.45) is 0 Å². The van der Waals surface area contributed by atoms with Gasteiger partial charge in [-0.25, -0.2) is 13.2 Å². The van der Waals surface area contributed by atoms with Crippen molar-refractivity contribution in [3.63, 3.8) is 0 Å². The van der Waals surface area contributed by atoms with E-state index in [-0.39, 0.29) is 12.3 Å². The largest absolute Gasteiger partial charge is 0.477 e. The van der Waals surface area contributed by atoms with Gasteiger partial charge < -0.3 is 10.4 Å². The molecule has 1 atom stereocenters. The SMILES string of the molecule is O=C(O)c1ccc(NCC2CCCS2(=O)=O)cc1[N+](=O)[O-]. The van der Waals surface area contributed by atoms with E-state index in [9.17, 15) is 23.3 Å². The van der Waals surface area contributed by atoms with Crippen LogP contribution in [0, 0.1) is 10.1 Å².